The third-order valence-electron chi connectivity index (χ3n) is 3.20. The molecule has 2 rings (SSSR count). The molecule has 0 amide bonds. The van der Waals surface area contributed by atoms with Crippen LogP contribution in [0.1, 0.15) is 24.8 Å². The molecule has 3 nitrogen and oxygen atoms in total. The molecular weight excluding hydrogens is 219 g/mol. The average molecular weight is 234 g/mol. The SMILES string of the molecule is N#Cc1cc(F)cc(N(CCO)C2CCC2)c1. The maximum atomic E-state index is 13.4. The summed E-state index contributed by atoms with van der Waals surface area (Å²) in [5, 5.41) is 17.9. The Morgan fingerprint density at radius 1 is 1.41 bits per heavy atom. The normalized spacial score (nSPS) is 15.1. The van der Waals surface area contributed by atoms with Crippen LogP contribution < -0.4 is 4.90 Å². The van der Waals surface area contributed by atoms with Crippen molar-refractivity contribution in [3.8, 4) is 6.07 Å². The van der Waals surface area contributed by atoms with Gasteiger partial charge in [-0.25, -0.2) is 4.39 Å². The van der Waals surface area contributed by atoms with E-state index in [2.05, 4.69) is 0 Å². The van der Waals surface area contributed by atoms with Crippen LogP contribution in [-0.4, -0.2) is 24.3 Å². The lowest BCUT2D eigenvalue weighted by atomic mass is 9.91. The van der Waals surface area contributed by atoms with E-state index in [4.69, 9.17) is 10.4 Å². The summed E-state index contributed by atoms with van der Waals surface area (Å²) in [7, 11) is 0. The number of hydrogen-bond acceptors (Lipinski definition) is 3. The minimum absolute atomic E-state index is 0.0366. The van der Waals surface area contributed by atoms with Crippen molar-refractivity contribution in [2.45, 2.75) is 25.3 Å². The van der Waals surface area contributed by atoms with Crippen molar-refractivity contribution in [1.82, 2.24) is 0 Å². The topological polar surface area (TPSA) is 47.3 Å². The third kappa shape index (κ3) is 2.56. The molecule has 0 saturated heterocycles. The predicted molar refractivity (Wildman–Crippen MR) is 63.2 cm³/mol. The van der Waals surface area contributed by atoms with Crippen LogP contribution in [0.15, 0.2) is 18.2 Å². The van der Waals surface area contributed by atoms with E-state index >= 15 is 0 Å². The van der Waals surface area contributed by atoms with Crippen molar-refractivity contribution in [3.05, 3.63) is 29.6 Å². The molecule has 90 valence electrons. The van der Waals surface area contributed by atoms with Gasteiger partial charge in [0.1, 0.15) is 5.82 Å². The number of halogens is 1. The Balaban J connectivity index is 2.28. The number of anilines is 1. The van der Waals surface area contributed by atoms with Gasteiger partial charge in [-0.3, -0.25) is 0 Å². The van der Waals surface area contributed by atoms with Crippen molar-refractivity contribution < 1.29 is 9.50 Å². The van der Waals surface area contributed by atoms with Crippen molar-refractivity contribution >= 4 is 5.69 Å². The molecule has 1 saturated carbocycles. The first kappa shape index (κ1) is 11.9. The van der Waals surface area contributed by atoms with Gasteiger partial charge in [0.15, 0.2) is 0 Å². The number of rotatable bonds is 4. The van der Waals surface area contributed by atoms with Crippen LogP contribution in [0, 0.1) is 17.1 Å². The zero-order valence-corrected chi connectivity index (χ0v) is 9.56. The third-order valence-corrected chi connectivity index (χ3v) is 3.20. The Hall–Kier alpha value is -1.60. The summed E-state index contributed by atoms with van der Waals surface area (Å²) in [6.07, 6.45) is 3.31. The number of benzene rings is 1. The smallest absolute Gasteiger partial charge is 0.126 e. The fourth-order valence-corrected chi connectivity index (χ4v) is 2.13. The van der Waals surface area contributed by atoms with E-state index in [0.29, 0.717) is 23.8 Å². The first-order valence-electron chi connectivity index (χ1n) is 5.83. The highest BCUT2D eigenvalue weighted by Gasteiger charge is 2.25. The van der Waals surface area contributed by atoms with Gasteiger partial charge in [-0.15, -0.1) is 0 Å². The molecule has 0 atom stereocenters. The minimum Gasteiger partial charge on any atom is -0.395 e. The number of nitriles is 1. The molecule has 0 bridgehead atoms. The van der Waals surface area contributed by atoms with Crippen molar-refractivity contribution in [2.24, 2.45) is 0 Å². The Labute approximate surface area is 100 Å². The highest BCUT2D eigenvalue weighted by molar-refractivity contribution is 5.53. The van der Waals surface area contributed by atoms with Gasteiger partial charge in [-0.05, 0) is 37.5 Å². The second kappa shape index (κ2) is 5.15. The molecule has 0 heterocycles. The van der Waals surface area contributed by atoms with Crippen LogP contribution in [0.5, 0.6) is 0 Å². The second-order valence-corrected chi connectivity index (χ2v) is 4.31. The molecule has 1 aliphatic carbocycles. The zero-order chi connectivity index (χ0) is 12.3. The van der Waals surface area contributed by atoms with Gasteiger partial charge in [0.05, 0.1) is 18.2 Å². The van der Waals surface area contributed by atoms with Gasteiger partial charge in [0, 0.05) is 18.3 Å². The van der Waals surface area contributed by atoms with Crippen LogP contribution in [0.25, 0.3) is 0 Å². The lowest BCUT2D eigenvalue weighted by Gasteiger charge is -2.39. The molecular formula is C13H15FN2O. The quantitative estimate of drug-likeness (QED) is 0.867. The maximum Gasteiger partial charge on any atom is 0.126 e. The lowest BCUT2D eigenvalue weighted by molar-refractivity contribution is 0.283. The predicted octanol–water partition coefficient (Wildman–Crippen LogP) is 2.05. The Kier molecular flexibility index (Phi) is 3.60. The Morgan fingerprint density at radius 3 is 2.71 bits per heavy atom. The van der Waals surface area contributed by atoms with Crippen molar-refractivity contribution in [1.29, 1.82) is 5.26 Å². The standard InChI is InChI=1S/C13H15FN2O/c14-11-6-10(9-15)7-13(8-11)16(4-5-17)12-2-1-3-12/h6-8,12,17H,1-5H2. The van der Waals surface area contributed by atoms with Gasteiger partial charge in [-0.1, -0.05) is 0 Å². The van der Waals surface area contributed by atoms with E-state index in [9.17, 15) is 4.39 Å². The molecule has 1 aromatic carbocycles. The highest BCUT2D eigenvalue weighted by Crippen LogP contribution is 2.30. The molecule has 1 fully saturated rings. The van der Waals surface area contributed by atoms with E-state index in [1.165, 1.54) is 18.6 Å². The zero-order valence-electron chi connectivity index (χ0n) is 9.56. The van der Waals surface area contributed by atoms with Gasteiger partial charge in [-0.2, -0.15) is 5.26 Å². The molecule has 17 heavy (non-hydrogen) atoms. The summed E-state index contributed by atoms with van der Waals surface area (Å²) in [5.41, 5.74) is 1.02. The monoisotopic (exact) mass is 234 g/mol. The molecule has 0 spiro atoms. The molecule has 0 aromatic heterocycles. The number of nitrogens with zero attached hydrogens (tertiary/aromatic N) is 2. The molecule has 0 radical (unpaired) electrons. The number of aliphatic hydroxyl groups excluding tert-OH is 1. The second-order valence-electron chi connectivity index (χ2n) is 4.31. The molecule has 1 N–H and O–H groups in total. The van der Waals surface area contributed by atoms with Gasteiger partial charge in [0.2, 0.25) is 0 Å². The lowest BCUT2D eigenvalue weighted by Crippen LogP contribution is -2.42. The summed E-state index contributed by atoms with van der Waals surface area (Å²) in [5.74, 6) is -0.402. The van der Waals surface area contributed by atoms with Crippen molar-refractivity contribution in [2.75, 3.05) is 18.1 Å². The summed E-state index contributed by atoms with van der Waals surface area (Å²) in [6, 6.07) is 6.65. The van der Waals surface area contributed by atoms with Crippen LogP contribution in [0.4, 0.5) is 10.1 Å². The first-order valence-corrected chi connectivity index (χ1v) is 5.83. The number of hydrogen-bond donors (Lipinski definition) is 1. The van der Waals surface area contributed by atoms with Crippen LogP contribution >= 0.6 is 0 Å². The molecule has 0 aliphatic heterocycles. The molecule has 4 heteroatoms. The highest BCUT2D eigenvalue weighted by atomic mass is 19.1. The van der Waals surface area contributed by atoms with E-state index in [1.807, 2.05) is 11.0 Å². The van der Waals surface area contributed by atoms with E-state index < -0.39 is 5.82 Å². The average Bonchev–Trinajstić information content (AvgIpc) is 2.25. The molecule has 1 aliphatic rings. The summed E-state index contributed by atoms with van der Waals surface area (Å²) in [4.78, 5) is 1.99. The summed E-state index contributed by atoms with van der Waals surface area (Å²) in [6.45, 7) is 0.522. The van der Waals surface area contributed by atoms with E-state index in [1.54, 1.807) is 6.07 Å². The van der Waals surface area contributed by atoms with Crippen LogP contribution in [0.2, 0.25) is 0 Å². The summed E-state index contributed by atoms with van der Waals surface area (Å²) < 4.78 is 13.4. The Morgan fingerprint density at radius 2 is 2.18 bits per heavy atom. The first-order chi connectivity index (χ1) is 8.24. The summed E-state index contributed by atoms with van der Waals surface area (Å²) >= 11 is 0. The van der Waals surface area contributed by atoms with Crippen molar-refractivity contribution in [3.63, 3.8) is 0 Å². The minimum atomic E-state index is -0.402. The van der Waals surface area contributed by atoms with Gasteiger partial charge >= 0.3 is 0 Å². The largest absolute Gasteiger partial charge is 0.395 e. The van der Waals surface area contributed by atoms with E-state index in [-0.39, 0.29) is 6.61 Å². The fraction of sp³-hybridized carbons (Fsp3) is 0.462. The molecule has 1 aromatic rings. The van der Waals surface area contributed by atoms with Gasteiger partial charge < -0.3 is 10.0 Å². The Bertz CT molecular complexity index is 438. The fourth-order valence-electron chi connectivity index (χ4n) is 2.13. The van der Waals surface area contributed by atoms with Gasteiger partial charge in [0.25, 0.3) is 0 Å². The maximum absolute atomic E-state index is 13.4. The van der Waals surface area contributed by atoms with Crippen LogP contribution in [-0.2, 0) is 0 Å². The number of aliphatic hydroxyl groups is 1. The molecule has 0 unspecified atom stereocenters. The van der Waals surface area contributed by atoms with E-state index in [0.717, 1.165) is 12.8 Å². The van der Waals surface area contributed by atoms with Crippen LogP contribution in [0.3, 0.4) is 0 Å².